The summed E-state index contributed by atoms with van der Waals surface area (Å²) in [6.45, 7) is 2.20. The molecule has 1 unspecified atom stereocenters. The Bertz CT molecular complexity index is 497. The van der Waals surface area contributed by atoms with E-state index in [1.165, 1.54) is 11.1 Å². The van der Waals surface area contributed by atoms with E-state index in [2.05, 4.69) is 55.5 Å². The van der Waals surface area contributed by atoms with Crippen LogP contribution in [0.4, 0.5) is 0 Å². The van der Waals surface area contributed by atoms with Gasteiger partial charge in [0.2, 0.25) is 0 Å². The lowest BCUT2D eigenvalue weighted by Crippen LogP contribution is -1.87. The SMILES string of the molecule is COc1ccc(/C=C/C(C)c2ccccc2)cc1. The van der Waals surface area contributed by atoms with Gasteiger partial charge in [-0.25, -0.2) is 0 Å². The molecule has 1 atom stereocenters. The molecule has 1 heteroatoms. The van der Waals surface area contributed by atoms with Gasteiger partial charge in [-0.1, -0.05) is 61.5 Å². The highest BCUT2D eigenvalue weighted by atomic mass is 16.5. The zero-order valence-electron chi connectivity index (χ0n) is 10.8. The minimum absolute atomic E-state index is 0.424. The first-order chi connectivity index (χ1) is 8.79. The zero-order valence-corrected chi connectivity index (χ0v) is 10.8. The Morgan fingerprint density at radius 3 is 2.22 bits per heavy atom. The van der Waals surface area contributed by atoms with Gasteiger partial charge >= 0.3 is 0 Å². The zero-order chi connectivity index (χ0) is 12.8. The van der Waals surface area contributed by atoms with E-state index in [4.69, 9.17) is 4.74 Å². The lowest BCUT2D eigenvalue weighted by Gasteiger charge is -2.06. The maximum absolute atomic E-state index is 5.14. The van der Waals surface area contributed by atoms with E-state index in [1.807, 2.05) is 18.2 Å². The summed E-state index contributed by atoms with van der Waals surface area (Å²) in [7, 11) is 1.68. The summed E-state index contributed by atoms with van der Waals surface area (Å²) >= 11 is 0. The molecule has 1 nitrogen and oxygen atoms in total. The lowest BCUT2D eigenvalue weighted by molar-refractivity contribution is 0.415. The molecule has 0 N–H and O–H groups in total. The van der Waals surface area contributed by atoms with Crippen molar-refractivity contribution < 1.29 is 4.74 Å². The standard InChI is InChI=1S/C17H18O/c1-14(16-6-4-3-5-7-16)8-9-15-10-12-17(18-2)13-11-15/h3-14H,1-2H3/b9-8+. The quantitative estimate of drug-likeness (QED) is 0.761. The third-order valence-corrected chi connectivity index (χ3v) is 3.02. The summed E-state index contributed by atoms with van der Waals surface area (Å²) in [6.07, 6.45) is 4.37. The summed E-state index contributed by atoms with van der Waals surface area (Å²) in [6, 6.07) is 18.6. The molecule has 0 bridgehead atoms. The van der Waals surface area contributed by atoms with E-state index >= 15 is 0 Å². The molecule has 0 saturated heterocycles. The van der Waals surface area contributed by atoms with Crippen LogP contribution in [0.3, 0.4) is 0 Å². The molecule has 0 radical (unpaired) electrons. The fourth-order valence-corrected chi connectivity index (χ4v) is 1.84. The van der Waals surface area contributed by atoms with Crippen molar-refractivity contribution >= 4 is 6.08 Å². The monoisotopic (exact) mass is 238 g/mol. The average molecular weight is 238 g/mol. The van der Waals surface area contributed by atoms with Crippen LogP contribution < -0.4 is 4.74 Å². The first-order valence-corrected chi connectivity index (χ1v) is 6.17. The van der Waals surface area contributed by atoms with Gasteiger partial charge < -0.3 is 4.74 Å². The highest BCUT2D eigenvalue weighted by molar-refractivity contribution is 5.52. The Kier molecular flexibility index (Phi) is 4.19. The summed E-state index contributed by atoms with van der Waals surface area (Å²) in [5, 5.41) is 0. The Morgan fingerprint density at radius 1 is 0.944 bits per heavy atom. The normalized spacial score (nSPS) is 12.6. The number of allylic oxidation sites excluding steroid dienone is 1. The molecule has 0 heterocycles. The van der Waals surface area contributed by atoms with Crippen molar-refractivity contribution in [2.45, 2.75) is 12.8 Å². The largest absolute Gasteiger partial charge is 0.497 e. The summed E-state index contributed by atoms with van der Waals surface area (Å²) in [4.78, 5) is 0. The number of rotatable bonds is 4. The van der Waals surface area contributed by atoms with Crippen LogP contribution in [0.1, 0.15) is 24.0 Å². The Morgan fingerprint density at radius 2 is 1.61 bits per heavy atom. The molecule has 0 spiro atoms. The molecule has 92 valence electrons. The van der Waals surface area contributed by atoms with Gasteiger partial charge in [0.15, 0.2) is 0 Å². The second-order valence-electron chi connectivity index (χ2n) is 4.33. The topological polar surface area (TPSA) is 9.23 Å². The lowest BCUT2D eigenvalue weighted by atomic mass is 10.00. The predicted octanol–water partition coefficient (Wildman–Crippen LogP) is 4.51. The number of benzene rings is 2. The molecule has 0 fully saturated rings. The van der Waals surface area contributed by atoms with Crippen LogP contribution in [0.2, 0.25) is 0 Å². The number of hydrogen-bond donors (Lipinski definition) is 0. The maximum Gasteiger partial charge on any atom is 0.118 e. The molecule has 2 aromatic carbocycles. The molecule has 0 amide bonds. The van der Waals surface area contributed by atoms with Crippen molar-refractivity contribution in [2.75, 3.05) is 7.11 Å². The van der Waals surface area contributed by atoms with E-state index in [1.54, 1.807) is 7.11 Å². The van der Waals surface area contributed by atoms with Gasteiger partial charge in [0.25, 0.3) is 0 Å². The fraction of sp³-hybridized carbons (Fsp3) is 0.176. The molecule has 0 aliphatic heterocycles. The Hall–Kier alpha value is -2.02. The second kappa shape index (κ2) is 6.06. The molecule has 18 heavy (non-hydrogen) atoms. The summed E-state index contributed by atoms with van der Waals surface area (Å²) in [5.74, 6) is 1.32. The van der Waals surface area contributed by atoms with E-state index in [0.717, 1.165) is 5.75 Å². The van der Waals surface area contributed by atoms with Crippen molar-refractivity contribution in [1.29, 1.82) is 0 Å². The smallest absolute Gasteiger partial charge is 0.118 e. The van der Waals surface area contributed by atoms with Gasteiger partial charge in [-0.05, 0) is 29.2 Å². The van der Waals surface area contributed by atoms with Crippen LogP contribution in [0.5, 0.6) is 5.75 Å². The number of ether oxygens (including phenoxy) is 1. The first-order valence-electron chi connectivity index (χ1n) is 6.17. The fourth-order valence-electron chi connectivity index (χ4n) is 1.84. The third-order valence-electron chi connectivity index (χ3n) is 3.02. The van der Waals surface area contributed by atoms with E-state index < -0.39 is 0 Å². The second-order valence-corrected chi connectivity index (χ2v) is 4.33. The molecular weight excluding hydrogens is 220 g/mol. The van der Waals surface area contributed by atoms with Gasteiger partial charge in [-0.2, -0.15) is 0 Å². The number of hydrogen-bond acceptors (Lipinski definition) is 1. The van der Waals surface area contributed by atoms with Crippen LogP contribution in [0, 0.1) is 0 Å². The van der Waals surface area contributed by atoms with Crippen molar-refractivity contribution in [3.63, 3.8) is 0 Å². The van der Waals surface area contributed by atoms with Gasteiger partial charge in [-0.3, -0.25) is 0 Å². The van der Waals surface area contributed by atoms with Crippen LogP contribution in [-0.4, -0.2) is 7.11 Å². The van der Waals surface area contributed by atoms with E-state index in [0.29, 0.717) is 5.92 Å². The van der Waals surface area contributed by atoms with Crippen LogP contribution in [0.15, 0.2) is 60.7 Å². The minimum Gasteiger partial charge on any atom is -0.497 e. The molecule has 0 aliphatic carbocycles. The van der Waals surface area contributed by atoms with Crippen molar-refractivity contribution in [2.24, 2.45) is 0 Å². The minimum atomic E-state index is 0.424. The third kappa shape index (κ3) is 3.24. The predicted molar refractivity (Wildman–Crippen MR) is 76.9 cm³/mol. The summed E-state index contributed by atoms with van der Waals surface area (Å²) in [5.41, 5.74) is 2.53. The van der Waals surface area contributed by atoms with E-state index in [-0.39, 0.29) is 0 Å². The Balaban J connectivity index is 2.06. The molecule has 0 saturated carbocycles. The highest BCUT2D eigenvalue weighted by Crippen LogP contribution is 2.18. The molecule has 0 aromatic heterocycles. The molecule has 2 aromatic rings. The van der Waals surface area contributed by atoms with Gasteiger partial charge in [-0.15, -0.1) is 0 Å². The van der Waals surface area contributed by atoms with Crippen LogP contribution >= 0.6 is 0 Å². The van der Waals surface area contributed by atoms with Crippen molar-refractivity contribution in [1.82, 2.24) is 0 Å². The average Bonchev–Trinajstić information content (AvgIpc) is 2.46. The van der Waals surface area contributed by atoms with Crippen molar-refractivity contribution in [3.05, 3.63) is 71.8 Å². The van der Waals surface area contributed by atoms with Gasteiger partial charge in [0, 0.05) is 0 Å². The van der Waals surface area contributed by atoms with Gasteiger partial charge in [0.05, 0.1) is 7.11 Å². The van der Waals surface area contributed by atoms with Gasteiger partial charge in [0.1, 0.15) is 5.75 Å². The molecular formula is C17H18O. The maximum atomic E-state index is 5.14. The van der Waals surface area contributed by atoms with Crippen LogP contribution in [0.25, 0.3) is 6.08 Å². The first kappa shape index (κ1) is 12.4. The summed E-state index contributed by atoms with van der Waals surface area (Å²) < 4.78 is 5.14. The Labute approximate surface area is 109 Å². The highest BCUT2D eigenvalue weighted by Gasteiger charge is 1.99. The van der Waals surface area contributed by atoms with Crippen molar-refractivity contribution in [3.8, 4) is 5.75 Å². The molecule has 2 rings (SSSR count). The number of methoxy groups -OCH3 is 1. The van der Waals surface area contributed by atoms with Crippen LogP contribution in [-0.2, 0) is 0 Å². The van der Waals surface area contributed by atoms with E-state index in [9.17, 15) is 0 Å². The molecule has 0 aliphatic rings.